The summed E-state index contributed by atoms with van der Waals surface area (Å²) in [4.78, 5) is 38.0. The maximum atomic E-state index is 14.8. The number of nitrogens with one attached hydrogen (secondary N) is 3. The van der Waals surface area contributed by atoms with Crippen LogP contribution >= 0.6 is 22.9 Å². The van der Waals surface area contributed by atoms with Gasteiger partial charge in [0.1, 0.15) is 5.82 Å². The number of carbonyl (C=O) groups is 2. The second-order valence-corrected chi connectivity index (χ2v) is 13.0. The Balaban J connectivity index is 1.43. The second-order valence-electron chi connectivity index (χ2n) is 9.19. The van der Waals surface area contributed by atoms with Crippen LogP contribution < -0.4 is 21.5 Å². The van der Waals surface area contributed by atoms with Gasteiger partial charge in [-0.05, 0) is 49.1 Å². The lowest BCUT2D eigenvalue weighted by Crippen LogP contribution is -2.41. The van der Waals surface area contributed by atoms with Gasteiger partial charge in [-0.15, -0.1) is 11.3 Å². The molecular formula is C25H26ClFN4O5S2. The van der Waals surface area contributed by atoms with E-state index in [9.17, 15) is 27.2 Å². The molecule has 3 unspecified atom stereocenters. The summed E-state index contributed by atoms with van der Waals surface area (Å²) in [5.74, 6) is -2.47. The maximum Gasteiger partial charge on any atom is 0.261 e. The third kappa shape index (κ3) is 7.07. The number of carbonyl (C=O) groups excluding carboxylic acids is 2. The fraction of sp³-hybridized carbons (Fsp3) is 0.320. The van der Waals surface area contributed by atoms with Gasteiger partial charge >= 0.3 is 0 Å². The Morgan fingerprint density at radius 3 is 2.61 bits per heavy atom. The van der Waals surface area contributed by atoms with E-state index in [4.69, 9.17) is 11.6 Å². The molecule has 1 saturated carbocycles. The zero-order valence-electron chi connectivity index (χ0n) is 20.3. The lowest BCUT2D eigenvalue weighted by atomic mass is 10.0. The highest BCUT2D eigenvalue weighted by molar-refractivity contribution is 7.90. The molecule has 4 rings (SSSR count). The van der Waals surface area contributed by atoms with Crippen LogP contribution in [0.1, 0.15) is 22.5 Å². The summed E-state index contributed by atoms with van der Waals surface area (Å²) in [5.41, 5.74) is -0.0304. The van der Waals surface area contributed by atoms with Crippen molar-refractivity contribution in [2.75, 3.05) is 24.0 Å². The van der Waals surface area contributed by atoms with Crippen molar-refractivity contribution in [1.29, 1.82) is 0 Å². The minimum atomic E-state index is -3.31. The number of halogens is 2. The van der Waals surface area contributed by atoms with Gasteiger partial charge in [-0.2, -0.15) is 0 Å². The highest BCUT2D eigenvalue weighted by Gasteiger charge is 2.38. The molecule has 3 N–H and O–H groups in total. The van der Waals surface area contributed by atoms with E-state index < -0.39 is 27.5 Å². The van der Waals surface area contributed by atoms with E-state index in [1.807, 2.05) is 0 Å². The third-order valence-electron chi connectivity index (χ3n) is 6.31. The van der Waals surface area contributed by atoms with Crippen molar-refractivity contribution < 1.29 is 22.4 Å². The first-order valence-electron chi connectivity index (χ1n) is 11.7. The van der Waals surface area contributed by atoms with Gasteiger partial charge in [-0.1, -0.05) is 17.7 Å². The molecule has 2 aromatic heterocycles. The molecule has 1 fully saturated rings. The second kappa shape index (κ2) is 11.8. The number of sulfone groups is 1. The Morgan fingerprint density at radius 2 is 1.95 bits per heavy atom. The molecular weight excluding hydrogens is 555 g/mol. The molecule has 1 aliphatic carbocycles. The molecule has 38 heavy (non-hydrogen) atoms. The number of rotatable bonds is 9. The summed E-state index contributed by atoms with van der Waals surface area (Å²) >= 11 is 7.04. The molecule has 3 atom stereocenters. The Hall–Kier alpha value is -3.06. The summed E-state index contributed by atoms with van der Waals surface area (Å²) in [6.45, 7) is 0.217. The minimum Gasteiger partial charge on any atom is -0.351 e. The van der Waals surface area contributed by atoms with Crippen LogP contribution in [0.2, 0.25) is 4.34 Å². The smallest absolute Gasteiger partial charge is 0.261 e. The lowest BCUT2D eigenvalue weighted by Gasteiger charge is -2.20. The normalized spacial score (nSPS) is 19.3. The Bertz CT molecular complexity index is 1510. The van der Waals surface area contributed by atoms with Gasteiger partial charge in [0.25, 0.3) is 11.5 Å². The highest BCUT2D eigenvalue weighted by atomic mass is 35.5. The maximum absolute atomic E-state index is 14.8. The number of hydrogen-bond acceptors (Lipinski definition) is 7. The van der Waals surface area contributed by atoms with Crippen molar-refractivity contribution >= 4 is 50.3 Å². The standard InChI is InChI=1S/C25H26ClFN4O5S2/c1-38(35,36)14-29-20-11-15(10-16(20)13-28-25(34)21-7-8-22(26)37-21)24(33)30-19-6-5-17(12-18(19)27)31-9-3-2-4-23(31)32/h2-9,12,15-16,20,29H,10-11,13-14H2,1H3,(H,28,34)(H,30,33). The van der Waals surface area contributed by atoms with Gasteiger partial charge in [0.2, 0.25) is 5.91 Å². The molecule has 1 aliphatic rings. The van der Waals surface area contributed by atoms with E-state index in [2.05, 4.69) is 16.0 Å². The first-order chi connectivity index (χ1) is 18.0. The van der Waals surface area contributed by atoms with E-state index in [1.165, 1.54) is 29.0 Å². The van der Waals surface area contributed by atoms with Crippen LogP contribution in [-0.2, 0) is 14.6 Å². The summed E-state index contributed by atoms with van der Waals surface area (Å²) in [5, 5.41) is 8.42. The van der Waals surface area contributed by atoms with Gasteiger partial charge in [0.05, 0.1) is 26.5 Å². The fourth-order valence-corrected chi connectivity index (χ4v) is 5.93. The number of hydrogen-bond donors (Lipinski definition) is 3. The molecule has 13 heteroatoms. The highest BCUT2D eigenvalue weighted by Crippen LogP contribution is 2.33. The van der Waals surface area contributed by atoms with Crippen molar-refractivity contribution in [3.8, 4) is 5.69 Å². The van der Waals surface area contributed by atoms with Crippen LogP contribution in [0.4, 0.5) is 10.1 Å². The van der Waals surface area contributed by atoms with Crippen molar-refractivity contribution in [3.63, 3.8) is 0 Å². The molecule has 0 spiro atoms. The number of pyridine rings is 1. The molecule has 9 nitrogen and oxygen atoms in total. The molecule has 0 saturated heterocycles. The monoisotopic (exact) mass is 580 g/mol. The largest absolute Gasteiger partial charge is 0.351 e. The number of aromatic nitrogens is 1. The fourth-order valence-electron chi connectivity index (χ4n) is 4.45. The molecule has 1 aromatic carbocycles. The van der Waals surface area contributed by atoms with Crippen LogP contribution in [0.3, 0.4) is 0 Å². The average molecular weight is 581 g/mol. The van der Waals surface area contributed by atoms with Crippen LogP contribution in [-0.4, -0.2) is 49.5 Å². The molecule has 2 heterocycles. The molecule has 0 aliphatic heterocycles. The van der Waals surface area contributed by atoms with E-state index in [0.29, 0.717) is 27.7 Å². The lowest BCUT2D eigenvalue weighted by molar-refractivity contribution is -0.119. The van der Waals surface area contributed by atoms with Crippen molar-refractivity contribution in [2.24, 2.45) is 11.8 Å². The van der Waals surface area contributed by atoms with E-state index in [-0.39, 0.29) is 41.5 Å². The molecule has 0 bridgehead atoms. The Kier molecular flexibility index (Phi) is 8.66. The number of thiophene rings is 1. The van der Waals surface area contributed by atoms with Gasteiger partial charge < -0.3 is 16.0 Å². The average Bonchev–Trinajstić information content (AvgIpc) is 3.48. The quantitative estimate of drug-likeness (QED) is 0.357. The van der Waals surface area contributed by atoms with Gasteiger partial charge in [0.15, 0.2) is 9.84 Å². The van der Waals surface area contributed by atoms with Crippen molar-refractivity contribution in [3.05, 3.63) is 80.1 Å². The number of benzene rings is 1. The van der Waals surface area contributed by atoms with Crippen LogP contribution in [0.25, 0.3) is 5.69 Å². The van der Waals surface area contributed by atoms with Crippen molar-refractivity contribution in [2.45, 2.75) is 18.9 Å². The first kappa shape index (κ1) is 28.0. The summed E-state index contributed by atoms with van der Waals surface area (Å²) < 4.78 is 40.0. The summed E-state index contributed by atoms with van der Waals surface area (Å²) in [7, 11) is -3.31. The molecule has 202 valence electrons. The molecule has 2 amide bonds. The predicted octanol–water partition coefficient (Wildman–Crippen LogP) is 3.05. The van der Waals surface area contributed by atoms with E-state index >= 15 is 0 Å². The Morgan fingerprint density at radius 1 is 1.16 bits per heavy atom. The Labute approximate surface area is 227 Å². The molecule has 3 aromatic rings. The van der Waals surface area contributed by atoms with Crippen molar-refractivity contribution in [1.82, 2.24) is 15.2 Å². The number of anilines is 1. The predicted molar refractivity (Wildman–Crippen MR) is 145 cm³/mol. The van der Waals surface area contributed by atoms with Gasteiger partial charge in [-0.3, -0.25) is 19.0 Å². The minimum absolute atomic E-state index is 0.0327. The summed E-state index contributed by atoms with van der Waals surface area (Å²) in [6, 6.07) is 11.6. The first-order valence-corrected chi connectivity index (χ1v) is 15.0. The number of nitrogens with zero attached hydrogens (tertiary/aromatic N) is 1. The van der Waals surface area contributed by atoms with E-state index in [1.54, 1.807) is 24.3 Å². The topological polar surface area (TPSA) is 126 Å². The van der Waals surface area contributed by atoms with Crippen LogP contribution in [0.15, 0.2) is 59.5 Å². The van der Waals surface area contributed by atoms with Gasteiger partial charge in [-0.25, -0.2) is 12.8 Å². The third-order valence-corrected chi connectivity index (χ3v) is 8.23. The number of amides is 2. The van der Waals surface area contributed by atoms with Crippen LogP contribution in [0.5, 0.6) is 0 Å². The molecule has 0 radical (unpaired) electrons. The van der Waals surface area contributed by atoms with Gasteiger partial charge in [0, 0.05) is 43.1 Å². The summed E-state index contributed by atoms with van der Waals surface area (Å²) in [6.07, 6.45) is 3.29. The zero-order chi connectivity index (χ0) is 27.4. The SMILES string of the molecule is CS(=O)(=O)CNC1CC(C(=O)Nc2ccc(-n3ccccc3=O)cc2F)CC1CNC(=O)c1ccc(Cl)s1. The van der Waals surface area contributed by atoms with Crippen LogP contribution in [0, 0.1) is 17.7 Å². The zero-order valence-corrected chi connectivity index (χ0v) is 22.7. The van der Waals surface area contributed by atoms with E-state index in [0.717, 1.165) is 23.7 Å².